The molecular weight excluding hydrogens is 434 g/mol. The Kier molecular flexibility index (Phi) is 8.63. The van der Waals surface area contributed by atoms with Crippen molar-refractivity contribution in [3.05, 3.63) is 29.3 Å². The van der Waals surface area contributed by atoms with Crippen molar-refractivity contribution in [3.8, 4) is 0 Å². The van der Waals surface area contributed by atoms with E-state index in [1.165, 1.54) is 24.3 Å². The standard InChI is InChI=1S/C19H26ClN3O6S/c1-12(2)17(23-30(27,28)15-9-5-6-13(20)10-15)18(25)29-11-16(24)22-19(26)21-14-7-3-4-8-14/h5-6,9-10,12,14,17,23H,3-4,7-8,11H2,1-2H3,(H2,21,22,24,26)/t17-/m0/s1. The lowest BCUT2D eigenvalue weighted by atomic mass is 10.1. The number of carbonyl (C=O) groups is 3. The van der Waals surface area contributed by atoms with Gasteiger partial charge in [-0.2, -0.15) is 4.72 Å². The van der Waals surface area contributed by atoms with Gasteiger partial charge in [0.1, 0.15) is 6.04 Å². The number of esters is 1. The van der Waals surface area contributed by atoms with Gasteiger partial charge in [-0.3, -0.25) is 14.9 Å². The normalized spacial score (nSPS) is 15.6. The van der Waals surface area contributed by atoms with Gasteiger partial charge in [-0.1, -0.05) is 44.4 Å². The minimum Gasteiger partial charge on any atom is -0.454 e. The van der Waals surface area contributed by atoms with Gasteiger partial charge in [0, 0.05) is 11.1 Å². The van der Waals surface area contributed by atoms with Crippen LogP contribution in [0.5, 0.6) is 0 Å². The summed E-state index contributed by atoms with van der Waals surface area (Å²) in [5.41, 5.74) is 0. The number of hydrogen-bond donors (Lipinski definition) is 3. The molecule has 1 aromatic carbocycles. The first-order valence-corrected chi connectivity index (χ1v) is 11.5. The van der Waals surface area contributed by atoms with Crippen LogP contribution in [0.4, 0.5) is 4.79 Å². The Hall–Kier alpha value is -2.17. The summed E-state index contributed by atoms with van der Waals surface area (Å²) in [5.74, 6) is -2.19. The number of benzene rings is 1. The predicted octanol–water partition coefficient (Wildman–Crippen LogP) is 1.95. The molecule has 1 aromatic rings. The van der Waals surface area contributed by atoms with Crippen LogP contribution in [0.25, 0.3) is 0 Å². The van der Waals surface area contributed by atoms with Crippen LogP contribution in [0, 0.1) is 5.92 Å². The van der Waals surface area contributed by atoms with E-state index in [1.54, 1.807) is 13.8 Å². The number of hydrogen-bond acceptors (Lipinski definition) is 6. The summed E-state index contributed by atoms with van der Waals surface area (Å²) in [7, 11) is -4.04. The average molecular weight is 460 g/mol. The van der Waals surface area contributed by atoms with Gasteiger partial charge in [0.05, 0.1) is 4.90 Å². The molecule has 0 saturated heterocycles. The number of urea groups is 1. The number of sulfonamides is 1. The summed E-state index contributed by atoms with van der Waals surface area (Å²) < 4.78 is 32.3. The molecule has 1 fully saturated rings. The highest BCUT2D eigenvalue weighted by atomic mass is 35.5. The van der Waals surface area contributed by atoms with Crippen molar-refractivity contribution in [1.29, 1.82) is 0 Å². The van der Waals surface area contributed by atoms with Crippen molar-refractivity contribution < 1.29 is 27.5 Å². The third kappa shape index (κ3) is 7.26. The van der Waals surface area contributed by atoms with E-state index >= 15 is 0 Å². The zero-order valence-electron chi connectivity index (χ0n) is 16.8. The molecular formula is C19H26ClN3O6S. The monoisotopic (exact) mass is 459 g/mol. The van der Waals surface area contributed by atoms with E-state index in [-0.39, 0.29) is 16.0 Å². The molecule has 0 heterocycles. The minimum absolute atomic E-state index is 0.0339. The van der Waals surface area contributed by atoms with Gasteiger partial charge in [-0.15, -0.1) is 0 Å². The first-order chi connectivity index (χ1) is 14.1. The zero-order chi connectivity index (χ0) is 22.3. The maximum absolute atomic E-state index is 12.5. The molecule has 2 rings (SSSR count). The van der Waals surface area contributed by atoms with Gasteiger partial charge in [-0.25, -0.2) is 13.2 Å². The first-order valence-electron chi connectivity index (χ1n) is 9.63. The second kappa shape index (κ2) is 10.7. The fourth-order valence-electron chi connectivity index (χ4n) is 3.01. The molecule has 1 aliphatic carbocycles. The van der Waals surface area contributed by atoms with Gasteiger partial charge >= 0.3 is 12.0 Å². The van der Waals surface area contributed by atoms with Crippen molar-refractivity contribution in [1.82, 2.24) is 15.4 Å². The Labute approximate surface area is 180 Å². The molecule has 1 atom stereocenters. The number of carbonyl (C=O) groups excluding carboxylic acids is 3. The van der Waals surface area contributed by atoms with Gasteiger partial charge in [0.25, 0.3) is 5.91 Å². The van der Waals surface area contributed by atoms with Crippen LogP contribution in [0.15, 0.2) is 29.2 Å². The lowest BCUT2D eigenvalue weighted by molar-refractivity contribution is -0.150. The minimum atomic E-state index is -4.04. The number of nitrogens with one attached hydrogen (secondary N) is 3. The summed E-state index contributed by atoms with van der Waals surface area (Å²) in [5, 5.41) is 5.00. The molecule has 1 saturated carbocycles. The van der Waals surface area contributed by atoms with Crippen LogP contribution >= 0.6 is 11.6 Å². The summed E-state index contributed by atoms with van der Waals surface area (Å²) >= 11 is 5.83. The fraction of sp³-hybridized carbons (Fsp3) is 0.526. The highest BCUT2D eigenvalue weighted by molar-refractivity contribution is 7.89. The van der Waals surface area contributed by atoms with E-state index in [9.17, 15) is 22.8 Å². The predicted molar refractivity (Wildman–Crippen MR) is 110 cm³/mol. The Morgan fingerprint density at radius 3 is 2.47 bits per heavy atom. The molecule has 11 heteroatoms. The fourth-order valence-corrected chi connectivity index (χ4v) is 4.64. The molecule has 3 amide bonds. The van der Waals surface area contributed by atoms with Crippen molar-refractivity contribution in [2.24, 2.45) is 5.92 Å². The lowest BCUT2D eigenvalue weighted by Gasteiger charge is -2.21. The van der Waals surface area contributed by atoms with E-state index in [4.69, 9.17) is 16.3 Å². The van der Waals surface area contributed by atoms with E-state index in [0.29, 0.717) is 0 Å². The Balaban J connectivity index is 1.90. The number of halogens is 1. The third-order valence-corrected chi connectivity index (χ3v) is 6.27. The van der Waals surface area contributed by atoms with Crippen molar-refractivity contribution in [2.45, 2.75) is 56.5 Å². The van der Waals surface area contributed by atoms with Crippen LogP contribution in [-0.4, -0.2) is 45.0 Å². The molecule has 3 N–H and O–H groups in total. The first kappa shape index (κ1) is 24.1. The quantitative estimate of drug-likeness (QED) is 0.509. The Morgan fingerprint density at radius 2 is 1.87 bits per heavy atom. The molecule has 0 radical (unpaired) electrons. The molecule has 9 nitrogen and oxygen atoms in total. The molecule has 0 unspecified atom stereocenters. The van der Waals surface area contributed by atoms with Gasteiger partial charge in [0.15, 0.2) is 6.61 Å². The topological polar surface area (TPSA) is 131 Å². The number of rotatable bonds is 8. The second-order valence-corrected chi connectivity index (χ2v) is 9.56. The second-order valence-electron chi connectivity index (χ2n) is 7.41. The van der Waals surface area contributed by atoms with Crippen molar-refractivity contribution >= 4 is 39.5 Å². The highest BCUT2D eigenvalue weighted by Crippen LogP contribution is 2.18. The van der Waals surface area contributed by atoms with E-state index < -0.39 is 46.5 Å². The Morgan fingerprint density at radius 1 is 1.20 bits per heavy atom. The van der Waals surface area contributed by atoms with Crippen LogP contribution < -0.4 is 15.4 Å². The summed E-state index contributed by atoms with van der Waals surface area (Å²) in [6, 6.07) is 3.75. The van der Waals surface area contributed by atoms with E-state index in [0.717, 1.165) is 25.7 Å². The number of imide groups is 1. The smallest absolute Gasteiger partial charge is 0.324 e. The number of ether oxygens (including phenoxy) is 1. The lowest BCUT2D eigenvalue weighted by Crippen LogP contribution is -2.47. The molecule has 0 spiro atoms. The number of amides is 3. The maximum Gasteiger partial charge on any atom is 0.324 e. The molecule has 0 aliphatic heterocycles. The highest BCUT2D eigenvalue weighted by Gasteiger charge is 2.30. The SMILES string of the molecule is CC(C)[C@H](NS(=O)(=O)c1cccc(Cl)c1)C(=O)OCC(=O)NC(=O)NC1CCCC1. The molecule has 1 aliphatic rings. The van der Waals surface area contributed by atoms with Gasteiger partial charge in [0.2, 0.25) is 10.0 Å². The van der Waals surface area contributed by atoms with E-state index in [1.807, 2.05) is 0 Å². The maximum atomic E-state index is 12.5. The summed E-state index contributed by atoms with van der Waals surface area (Å²) in [6.07, 6.45) is 3.77. The van der Waals surface area contributed by atoms with Crippen LogP contribution in [-0.2, 0) is 24.3 Å². The molecule has 0 aromatic heterocycles. The Bertz CT molecular complexity index is 884. The largest absolute Gasteiger partial charge is 0.454 e. The average Bonchev–Trinajstić information content (AvgIpc) is 3.16. The van der Waals surface area contributed by atoms with Crippen molar-refractivity contribution in [3.63, 3.8) is 0 Å². The third-order valence-electron chi connectivity index (χ3n) is 4.60. The van der Waals surface area contributed by atoms with Crippen LogP contribution in [0.3, 0.4) is 0 Å². The van der Waals surface area contributed by atoms with Gasteiger partial charge < -0.3 is 10.1 Å². The van der Waals surface area contributed by atoms with Crippen molar-refractivity contribution in [2.75, 3.05) is 6.61 Å². The summed E-state index contributed by atoms with van der Waals surface area (Å²) in [4.78, 5) is 35.9. The van der Waals surface area contributed by atoms with Crippen LogP contribution in [0.1, 0.15) is 39.5 Å². The summed E-state index contributed by atoms with van der Waals surface area (Å²) in [6.45, 7) is 2.54. The van der Waals surface area contributed by atoms with Gasteiger partial charge in [-0.05, 0) is 37.0 Å². The molecule has 0 bridgehead atoms. The van der Waals surface area contributed by atoms with Crippen LogP contribution in [0.2, 0.25) is 5.02 Å². The van der Waals surface area contributed by atoms with E-state index in [2.05, 4.69) is 15.4 Å². The molecule has 166 valence electrons. The molecule has 30 heavy (non-hydrogen) atoms. The zero-order valence-corrected chi connectivity index (χ0v) is 18.4.